The van der Waals surface area contributed by atoms with Gasteiger partial charge in [0.25, 0.3) is 0 Å². The molecule has 112 valence electrons. The van der Waals surface area contributed by atoms with Gasteiger partial charge in [-0.25, -0.2) is 9.98 Å². The second-order valence-electron chi connectivity index (χ2n) is 4.69. The van der Waals surface area contributed by atoms with Crippen LogP contribution in [0.15, 0.2) is 23.3 Å². The molecule has 0 aliphatic heterocycles. The molecule has 2 rings (SSSR count). The number of halogens is 1. The maximum absolute atomic E-state index is 5.22. The largest absolute Gasteiger partial charge is 0.481 e. The van der Waals surface area contributed by atoms with E-state index >= 15 is 0 Å². The van der Waals surface area contributed by atoms with Gasteiger partial charge in [0.2, 0.25) is 5.88 Å². The molecule has 0 spiro atoms. The summed E-state index contributed by atoms with van der Waals surface area (Å²) in [6.45, 7) is 4.51. The Hall–Kier alpha value is -1.05. The summed E-state index contributed by atoms with van der Waals surface area (Å²) in [6.07, 6.45) is 4.40. The Bertz CT molecular complexity index is 435. The summed E-state index contributed by atoms with van der Waals surface area (Å²) in [5.41, 5.74) is 0.994. The van der Waals surface area contributed by atoms with E-state index in [1.807, 2.05) is 12.1 Å². The van der Waals surface area contributed by atoms with Crippen LogP contribution in [-0.4, -0.2) is 31.1 Å². The molecule has 1 aromatic rings. The van der Waals surface area contributed by atoms with Crippen molar-refractivity contribution in [1.82, 2.24) is 15.6 Å². The van der Waals surface area contributed by atoms with Crippen molar-refractivity contribution in [3.63, 3.8) is 0 Å². The summed E-state index contributed by atoms with van der Waals surface area (Å²) in [5, 5.41) is 6.62. The molecule has 0 radical (unpaired) electrons. The summed E-state index contributed by atoms with van der Waals surface area (Å²) in [6, 6.07) is 3.89. The SMILES string of the molecule is CCNC(=NCc1cccnc1OC)NCC1CC1.I. The van der Waals surface area contributed by atoms with E-state index in [9.17, 15) is 0 Å². The monoisotopic (exact) mass is 390 g/mol. The molecule has 1 aliphatic rings. The van der Waals surface area contributed by atoms with Crippen molar-refractivity contribution < 1.29 is 4.74 Å². The van der Waals surface area contributed by atoms with E-state index in [0.29, 0.717) is 12.4 Å². The molecule has 0 unspecified atom stereocenters. The molecule has 0 aromatic carbocycles. The Balaban J connectivity index is 0.00000200. The zero-order valence-electron chi connectivity index (χ0n) is 12.1. The van der Waals surface area contributed by atoms with Crippen LogP contribution in [0.5, 0.6) is 5.88 Å². The van der Waals surface area contributed by atoms with E-state index in [1.54, 1.807) is 13.3 Å². The third-order valence-corrected chi connectivity index (χ3v) is 3.05. The Kier molecular flexibility index (Phi) is 7.64. The van der Waals surface area contributed by atoms with Gasteiger partial charge in [-0.15, -0.1) is 24.0 Å². The molecule has 0 saturated heterocycles. The summed E-state index contributed by atoms with van der Waals surface area (Å²) < 4.78 is 5.22. The number of guanidine groups is 1. The highest BCUT2D eigenvalue weighted by Crippen LogP contribution is 2.27. The molecule has 0 amide bonds. The van der Waals surface area contributed by atoms with Gasteiger partial charge in [-0.05, 0) is 31.7 Å². The van der Waals surface area contributed by atoms with Gasteiger partial charge in [-0.2, -0.15) is 0 Å². The zero-order chi connectivity index (χ0) is 13.5. The van der Waals surface area contributed by atoms with Gasteiger partial charge in [-0.3, -0.25) is 0 Å². The fourth-order valence-corrected chi connectivity index (χ4v) is 1.80. The molecule has 1 fully saturated rings. The number of nitrogens with zero attached hydrogens (tertiary/aromatic N) is 2. The van der Waals surface area contributed by atoms with Crippen LogP contribution in [0, 0.1) is 5.92 Å². The van der Waals surface area contributed by atoms with Crippen LogP contribution >= 0.6 is 24.0 Å². The predicted octanol–water partition coefficient (Wildman–Crippen LogP) is 2.17. The van der Waals surface area contributed by atoms with Crippen LogP contribution in [0.1, 0.15) is 25.3 Å². The number of pyridine rings is 1. The quantitative estimate of drug-likeness (QED) is 0.444. The van der Waals surface area contributed by atoms with Crippen molar-refractivity contribution in [3.05, 3.63) is 23.9 Å². The Morgan fingerprint density at radius 1 is 1.45 bits per heavy atom. The molecular formula is C14H23IN4O. The van der Waals surface area contributed by atoms with Crippen LogP contribution in [-0.2, 0) is 6.54 Å². The van der Waals surface area contributed by atoms with Crippen LogP contribution in [0.2, 0.25) is 0 Å². The first kappa shape index (κ1) is 17.0. The maximum atomic E-state index is 5.22. The molecule has 5 nitrogen and oxygen atoms in total. The van der Waals surface area contributed by atoms with E-state index in [0.717, 1.165) is 30.5 Å². The summed E-state index contributed by atoms with van der Waals surface area (Å²) >= 11 is 0. The normalized spacial score (nSPS) is 14.4. The highest BCUT2D eigenvalue weighted by atomic mass is 127. The smallest absolute Gasteiger partial charge is 0.218 e. The van der Waals surface area contributed by atoms with E-state index in [2.05, 4.69) is 27.5 Å². The lowest BCUT2D eigenvalue weighted by Crippen LogP contribution is -2.38. The first-order valence-electron chi connectivity index (χ1n) is 6.83. The average molecular weight is 390 g/mol. The van der Waals surface area contributed by atoms with Gasteiger partial charge in [0.05, 0.1) is 13.7 Å². The van der Waals surface area contributed by atoms with Crippen LogP contribution < -0.4 is 15.4 Å². The Morgan fingerprint density at radius 3 is 2.90 bits per heavy atom. The lowest BCUT2D eigenvalue weighted by Gasteiger charge is -2.11. The van der Waals surface area contributed by atoms with E-state index in [1.165, 1.54) is 12.8 Å². The number of ether oxygens (including phenoxy) is 1. The van der Waals surface area contributed by atoms with Gasteiger partial charge in [0, 0.05) is 24.8 Å². The minimum atomic E-state index is 0. The fourth-order valence-electron chi connectivity index (χ4n) is 1.80. The van der Waals surface area contributed by atoms with Gasteiger partial charge < -0.3 is 15.4 Å². The van der Waals surface area contributed by atoms with E-state index in [-0.39, 0.29) is 24.0 Å². The fraction of sp³-hybridized carbons (Fsp3) is 0.571. The number of nitrogens with one attached hydrogen (secondary N) is 2. The minimum absolute atomic E-state index is 0. The third kappa shape index (κ3) is 5.52. The maximum Gasteiger partial charge on any atom is 0.218 e. The van der Waals surface area contributed by atoms with Gasteiger partial charge in [0.1, 0.15) is 0 Å². The van der Waals surface area contributed by atoms with Crippen LogP contribution in [0.3, 0.4) is 0 Å². The molecule has 1 aliphatic carbocycles. The number of aliphatic imine (C=N–C) groups is 1. The number of hydrogen-bond donors (Lipinski definition) is 2. The first-order valence-corrected chi connectivity index (χ1v) is 6.83. The summed E-state index contributed by atoms with van der Waals surface area (Å²) in [5.74, 6) is 2.33. The molecule has 2 N–H and O–H groups in total. The first-order chi connectivity index (χ1) is 9.33. The van der Waals surface area contributed by atoms with E-state index in [4.69, 9.17) is 4.74 Å². The van der Waals surface area contributed by atoms with Crippen LogP contribution in [0.4, 0.5) is 0 Å². The van der Waals surface area contributed by atoms with Crippen LogP contribution in [0.25, 0.3) is 0 Å². The number of aromatic nitrogens is 1. The highest BCUT2D eigenvalue weighted by Gasteiger charge is 2.21. The molecule has 1 saturated carbocycles. The second kappa shape index (κ2) is 8.99. The zero-order valence-corrected chi connectivity index (χ0v) is 14.4. The summed E-state index contributed by atoms with van der Waals surface area (Å²) in [4.78, 5) is 8.74. The molecule has 0 bridgehead atoms. The predicted molar refractivity (Wildman–Crippen MR) is 91.7 cm³/mol. The lowest BCUT2D eigenvalue weighted by molar-refractivity contribution is 0.392. The molecule has 1 aromatic heterocycles. The third-order valence-electron chi connectivity index (χ3n) is 3.05. The second-order valence-corrected chi connectivity index (χ2v) is 4.69. The Morgan fingerprint density at radius 2 is 2.25 bits per heavy atom. The number of hydrogen-bond acceptors (Lipinski definition) is 3. The molecular weight excluding hydrogens is 367 g/mol. The Labute approximate surface area is 137 Å². The number of methoxy groups -OCH3 is 1. The number of rotatable bonds is 6. The van der Waals surface area contributed by atoms with Crippen molar-refractivity contribution in [1.29, 1.82) is 0 Å². The molecule has 1 heterocycles. The van der Waals surface area contributed by atoms with Crippen molar-refractivity contribution in [2.75, 3.05) is 20.2 Å². The summed E-state index contributed by atoms with van der Waals surface area (Å²) in [7, 11) is 1.63. The van der Waals surface area contributed by atoms with Crippen molar-refractivity contribution in [2.45, 2.75) is 26.3 Å². The molecule has 6 heteroatoms. The van der Waals surface area contributed by atoms with Gasteiger partial charge >= 0.3 is 0 Å². The van der Waals surface area contributed by atoms with Crippen molar-refractivity contribution in [3.8, 4) is 5.88 Å². The van der Waals surface area contributed by atoms with E-state index < -0.39 is 0 Å². The van der Waals surface area contributed by atoms with Gasteiger partial charge in [0.15, 0.2) is 5.96 Å². The minimum Gasteiger partial charge on any atom is -0.481 e. The molecule has 0 atom stereocenters. The topological polar surface area (TPSA) is 58.5 Å². The lowest BCUT2D eigenvalue weighted by atomic mass is 10.3. The average Bonchev–Trinajstić information content (AvgIpc) is 3.26. The molecule has 20 heavy (non-hydrogen) atoms. The highest BCUT2D eigenvalue weighted by molar-refractivity contribution is 14.0. The standard InChI is InChI=1S/C14H22N4O.HI/c1-3-15-14(17-9-11-6-7-11)18-10-12-5-4-8-16-13(12)19-2;/h4-5,8,11H,3,6-7,9-10H2,1-2H3,(H2,15,17,18);1H. The van der Waals surface area contributed by atoms with Gasteiger partial charge in [-0.1, -0.05) is 6.07 Å². The van der Waals surface area contributed by atoms with Crippen molar-refractivity contribution >= 4 is 29.9 Å². The van der Waals surface area contributed by atoms with Crippen molar-refractivity contribution in [2.24, 2.45) is 10.9 Å².